The number of carbonyl (C=O) groups excluding carboxylic acids is 1. The molecule has 0 radical (unpaired) electrons. The number of urea groups is 1. The minimum Gasteiger partial charge on any atom is -0.325 e. The van der Waals surface area contributed by atoms with Gasteiger partial charge >= 0.3 is 6.03 Å². The van der Waals surface area contributed by atoms with Gasteiger partial charge in [0.05, 0.1) is 0 Å². The van der Waals surface area contributed by atoms with E-state index in [1.807, 2.05) is 30.0 Å². The van der Waals surface area contributed by atoms with Gasteiger partial charge < -0.3 is 14.4 Å². The maximum absolute atomic E-state index is 12.5. The molecule has 0 N–H and O–H groups in total. The molecule has 6 nitrogen and oxygen atoms in total. The van der Waals surface area contributed by atoms with Crippen LogP contribution in [-0.4, -0.2) is 56.8 Å². The summed E-state index contributed by atoms with van der Waals surface area (Å²) in [5, 5.41) is 8.44. The smallest absolute Gasteiger partial charge is 0.320 e. The molecule has 6 heteroatoms. The van der Waals surface area contributed by atoms with Crippen LogP contribution in [0.4, 0.5) is 4.79 Å². The van der Waals surface area contributed by atoms with Crippen LogP contribution >= 0.6 is 0 Å². The summed E-state index contributed by atoms with van der Waals surface area (Å²) in [7, 11) is 0. The van der Waals surface area contributed by atoms with Crippen molar-refractivity contribution in [2.45, 2.75) is 51.5 Å². The first-order valence-electron chi connectivity index (χ1n) is 8.17. The van der Waals surface area contributed by atoms with Gasteiger partial charge in [-0.1, -0.05) is 0 Å². The second-order valence-corrected chi connectivity index (χ2v) is 6.07. The van der Waals surface area contributed by atoms with E-state index < -0.39 is 0 Å². The Morgan fingerprint density at radius 2 is 2.10 bits per heavy atom. The predicted molar refractivity (Wildman–Crippen MR) is 80.2 cm³/mol. The van der Waals surface area contributed by atoms with Crippen molar-refractivity contribution in [3.05, 3.63) is 12.2 Å². The normalized spacial score (nSPS) is 22.4. The van der Waals surface area contributed by atoms with Crippen LogP contribution in [0.2, 0.25) is 0 Å². The molecule has 21 heavy (non-hydrogen) atoms. The fourth-order valence-corrected chi connectivity index (χ4v) is 3.23. The third kappa shape index (κ3) is 2.89. The third-order valence-electron chi connectivity index (χ3n) is 4.63. The zero-order valence-corrected chi connectivity index (χ0v) is 13.0. The van der Waals surface area contributed by atoms with Crippen molar-refractivity contribution >= 4 is 6.03 Å². The van der Waals surface area contributed by atoms with Crippen molar-refractivity contribution in [2.24, 2.45) is 0 Å². The van der Waals surface area contributed by atoms with E-state index in [2.05, 4.69) is 14.8 Å². The Morgan fingerprint density at radius 1 is 1.33 bits per heavy atom. The van der Waals surface area contributed by atoms with E-state index in [9.17, 15) is 4.79 Å². The molecule has 1 aliphatic carbocycles. The quantitative estimate of drug-likeness (QED) is 0.855. The molecule has 0 spiro atoms. The summed E-state index contributed by atoms with van der Waals surface area (Å²) in [6.45, 7) is 7.26. The minimum absolute atomic E-state index is 0.169. The summed E-state index contributed by atoms with van der Waals surface area (Å²) in [6.07, 6.45) is 6.49. The van der Waals surface area contributed by atoms with Gasteiger partial charge in [0.1, 0.15) is 12.2 Å². The van der Waals surface area contributed by atoms with Crippen LogP contribution in [0.1, 0.15) is 57.3 Å². The molecule has 0 unspecified atom stereocenters. The second-order valence-electron chi connectivity index (χ2n) is 6.07. The van der Waals surface area contributed by atoms with Crippen LogP contribution in [0, 0.1) is 0 Å². The van der Waals surface area contributed by atoms with Crippen LogP contribution in [0.15, 0.2) is 6.33 Å². The number of amides is 2. The van der Waals surface area contributed by atoms with Gasteiger partial charge in [0.2, 0.25) is 0 Å². The maximum Gasteiger partial charge on any atom is 0.320 e. The molecule has 2 aliphatic rings. The van der Waals surface area contributed by atoms with E-state index in [1.54, 1.807) is 0 Å². The number of rotatable bonds is 4. The van der Waals surface area contributed by atoms with Gasteiger partial charge in [-0.15, -0.1) is 10.2 Å². The maximum atomic E-state index is 12.5. The number of hydrogen-bond donors (Lipinski definition) is 0. The van der Waals surface area contributed by atoms with Gasteiger partial charge in [-0.05, 0) is 39.5 Å². The fourth-order valence-electron chi connectivity index (χ4n) is 3.23. The van der Waals surface area contributed by atoms with Gasteiger partial charge in [0.15, 0.2) is 0 Å². The topological polar surface area (TPSA) is 54.3 Å². The molecule has 0 bridgehead atoms. The summed E-state index contributed by atoms with van der Waals surface area (Å²) < 4.78 is 2.23. The van der Waals surface area contributed by atoms with Crippen LogP contribution in [0.5, 0.6) is 0 Å². The molecule has 2 amide bonds. The number of nitrogens with zero attached hydrogens (tertiary/aromatic N) is 5. The minimum atomic E-state index is 0.169. The van der Waals surface area contributed by atoms with Crippen LogP contribution in [-0.2, 0) is 0 Å². The lowest BCUT2D eigenvalue weighted by Crippen LogP contribution is -2.47. The third-order valence-corrected chi connectivity index (χ3v) is 4.63. The summed E-state index contributed by atoms with van der Waals surface area (Å²) in [5.41, 5.74) is 0. The van der Waals surface area contributed by atoms with Crippen LogP contribution in [0.25, 0.3) is 0 Å². The number of likely N-dealkylation sites (tertiary alicyclic amines) is 1. The summed E-state index contributed by atoms with van der Waals surface area (Å²) >= 11 is 0. The number of aromatic nitrogens is 3. The fraction of sp³-hybridized carbons (Fsp3) is 0.800. The molecular formula is C15H25N5O. The van der Waals surface area contributed by atoms with E-state index >= 15 is 0 Å². The molecule has 2 fully saturated rings. The van der Waals surface area contributed by atoms with Gasteiger partial charge in [0, 0.05) is 38.1 Å². The van der Waals surface area contributed by atoms with Crippen LogP contribution < -0.4 is 0 Å². The monoisotopic (exact) mass is 291 g/mol. The Labute approximate surface area is 126 Å². The molecule has 1 aromatic heterocycles. The summed E-state index contributed by atoms with van der Waals surface area (Å²) in [5.74, 6) is 1.41. The van der Waals surface area contributed by atoms with Gasteiger partial charge in [-0.25, -0.2) is 4.79 Å². The molecule has 116 valence electrons. The first-order chi connectivity index (χ1) is 10.2. The molecule has 1 aromatic rings. The Balaban J connectivity index is 1.70. The molecule has 2 heterocycles. The standard InChI is InChI=1S/C15H25N5O/c1-3-18(4-2)15(21)19-9-5-6-12(10-19)14-17-16-11-20(14)13-7-8-13/h11-13H,3-10H2,1-2H3/t12-/m1/s1. The Bertz CT molecular complexity index is 492. The second kappa shape index (κ2) is 6.03. The number of hydrogen-bond acceptors (Lipinski definition) is 3. The average Bonchev–Trinajstić information content (AvgIpc) is 3.25. The highest BCUT2D eigenvalue weighted by molar-refractivity contribution is 5.74. The van der Waals surface area contributed by atoms with E-state index in [0.29, 0.717) is 12.0 Å². The largest absolute Gasteiger partial charge is 0.325 e. The van der Waals surface area contributed by atoms with Crippen molar-refractivity contribution in [1.82, 2.24) is 24.6 Å². The lowest BCUT2D eigenvalue weighted by atomic mass is 9.97. The van der Waals surface area contributed by atoms with E-state index in [1.165, 1.54) is 12.8 Å². The van der Waals surface area contributed by atoms with Gasteiger partial charge in [-0.3, -0.25) is 0 Å². The predicted octanol–water partition coefficient (Wildman–Crippen LogP) is 2.25. The molecule has 1 saturated carbocycles. The van der Waals surface area contributed by atoms with E-state index in [4.69, 9.17) is 0 Å². The highest BCUT2D eigenvalue weighted by Crippen LogP contribution is 2.38. The molecule has 1 aliphatic heterocycles. The summed E-state index contributed by atoms with van der Waals surface area (Å²) in [6, 6.07) is 0.769. The SMILES string of the molecule is CCN(CC)C(=O)N1CCC[C@@H](c2nncn2C2CC2)C1. The van der Waals surface area contributed by atoms with Crippen molar-refractivity contribution in [2.75, 3.05) is 26.2 Å². The Kier molecular flexibility index (Phi) is 4.12. The van der Waals surface area contributed by atoms with Crippen LogP contribution in [0.3, 0.4) is 0 Å². The Morgan fingerprint density at radius 3 is 2.76 bits per heavy atom. The number of piperidine rings is 1. The molecule has 0 aromatic carbocycles. The zero-order valence-electron chi connectivity index (χ0n) is 13.0. The van der Waals surface area contributed by atoms with Crippen molar-refractivity contribution < 1.29 is 4.79 Å². The first kappa shape index (κ1) is 14.4. The molecule has 3 rings (SSSR count). The van der Waals surface area contributed by atoms with Crippen molar-refractivity contribution in [3.8, 4) is 0 Å². The first-order valence-corrected chi connectivity index (χ1v) is 8.17. The van der Waals surface area contributed by atoms with E-state index in [0.717, 1.165) is 44.8 Å². The molecule has 1 saturated heterocycles. The van der Waals surface area contributed by atoms with Gasteiger partial charge in [0.25, 0.3) is 0 Å². The summed E-state index contributed by atoms with van der Waals surface area (Å²) in [4.78, 5) is 16.4. The highest BCUT2D eigenvalue weighted by Gasteiger charge is 2.33. The molecular weight excluding hydrogens is 266 g/mol. The van der Waals surface area contributed by atoms with Gasteiger partial charge in [-0.2, -0.15) is 0 Å². The average molecular weight is 291 g/mol. The van der Waals surface area contributed by atoms with Crippen molar-refractivity contribution in [3.63, 3.8) is 0 Å². The highest BCUT2D eigenvalue weighted by atomic mass is 16.2. The van der Waals surface area contributed by atoms with Crippen molar-refractivity contribution in [1.29, 1.82) is 0 Å². The Hall–Kier alpha value is -1.59. The number of carbonyl (C=O) groups is 1. The molecule has 1 atom stereocenters. The lowest BCUT2D eigenvalue weighted by Gasteiger charge is -2.35. The lowest BCUT2D eigenvalue weighted by molar-refractivity contribution is 0.141. The van der Waals surface area contributed by atoms with E-state index in [-0.39, 0.29) is 6.03 Å². The zero-order chi connectivity index (χ0) is 14.8.